The molecule has 2 atom stereocenters. The molecule has 1 saturated heterocycles. The van der Waals surface area contributed by atoms with Crippen molar-refractivity contribution >= 4 is 22.4 Å². The second kappa shape index (κ2) is 14.9. The first-order valence-corrected chi connectivity index (χ1v) is 12.0. The van der Waals surface area contributed by atoms with Gasteiger partial charge in [0.05, 0.1) is 18.4 Å². The molecule has 3 rings (SSSR count). The van der Waals surface area contributed by atoms with Gasteiger partial charge >= 0.3 is 0 Å². The molecular formula is C27H38N4O4. The molecule has 1 unspecified atom stereocenters. The maximum Gasteiger partial charge on any atom is 0.217 e. The number of primary amides is 1. The maximum atomic E-state index is 10.8. The summed E-state index contributed by atoms with van der Waals surface area (Å²) < 4.78 is 11.7. The molecule has 2 aromatic rings. The van der Waals surface area contributed by atoms with E-state index in [1.54, 1.807) is 11.2 Å². The minimum atomic E-state index is -0.329. The molecule has 190 valence electrons. The van der Waals surface area contributed by atoms with Gasteiger partial charge in [0.2, 0.25) is 5.91 Å². The number of benzene rings is 2. The molecule has 7 N–H and O–H groups in total. The van der Waals surface area contributed by atoms with Gasteiger partial charge in [-0.25, -0.2) is 5.84 Å². The lowest BCUT2D eigenvalue weighted by atomic mass is 10.0. The average molecular weight is 483 g/mol. The molecule has 0 saturated carbocycles. The number of nitrogens with zero attached hydrogens (tertiary/aromatic N) is 1. The molecule has 2 aromatic carbocycles. The summed E-state index contributed by atoms with van der Waals surface area (Å²) in [4.78, 5) is 10.8. The summed E-state index contributed by atoms with van der Waals surface area (Å²) in [7, 11) is 0. The van der Waals surface area contributed by atoms with Gasteiger partial charge in [0.15, 0.2) is 6.29 Å². The first kappa shape index (κ1) is 28.0. The van der Waals surface area contributed by atoms with Gasteiger partial charge in [0.25, 0.3) is 0 Å². The summed E-state index contributed by atoms with van der Waals surface area (Å²) in [6.07, 6.45) is 16.1. The number of nitrogens with two attached hydrogens (primary N) is 3. The molecule has 0 spiro atoms. The highest BCUT2D eigenvalue weighted by molar-refractivity contribution is 5.87. The second-order valence-electron chi connectivity index (χ2n) is 8.60. The van der Waals surface area contributed by atoms with E-state index >= 15 is 0 Å². The third-order valence-electron chi connectivity index (χ3n) is 5.82. The number of unbranched alkanes of at least 4 members (excludes halogenated alkanes) is 3. The van der Waals surface area contributed by atoms with Crippen molar-refractivity contribution < 1.29 is 19.4 Å². The number of ether oxygens (including phenoxy) is 2. The van der Waals surface area contributed by atoms with E-state index in [1.807, 2.05) is 36.4 Å². The molecule has 1 aliphatic heterocycles. The number of aliphatic hydroxyl groups is 1. The van der Waals surface area contributed by atoms with Crippen molar-refractivity contribution in [2.45, 2.75) is 63.8 Å². The molecule has 1 heterocycles. The lowest BCUT2D eigenvalue weighted by molar-refractivity contribution is -0.157. The zero-order chi connectivity index (χ0) is 25.6. The first-order valence-electron chi connectivity index (χ1n) is 12.0. The predicted octanol–water partition coefficient (Wildman–Crippen LogP) is 3.22. The number of rotatable bonds is 12. The Morgan fingerprint density at radius 3 is 2.54 bits per heavy atom. The van der Waals surface area contributed by atoms with Gasteiger partial charge in [-0.3, -0.25) is 4.79 Å². The van der Waals surface area contributed by atoms with Crippen molar-refractivity contribution in [2.75, 3.05) is 13.2 Å². The molecule has 0 aromatic heterocycles. The summed E-state index contributed by atoms with van der Waals surface area (Å²) in [6.45, 7) is 0.707. The van der Waals surface area contributed by atoms with Crippen LogP contribution in [0.15, 0.2) is 42.6 Å². The van der Waals surface area contributed by atoms with Gasteiger partial charge in [0.1, 0.15) is 5.75 Å². The second-order valence-corrected chi connectivity index (χ2v) is 8.60. The molecule has 1 fully saturated rings. The molecule has 35 heavy (non-hydrogen) atoms. The summed E-state index contributed by atoms with van der Waals surface area (Å²) in [5, 5.41) is 13.0. The molecule has 1 aliphatic rings. The van der Waals surface area contributed by atoms with Crippen LogP contribution in [-0.4, -0.2) is 41.6 Å². The number of carbonyl (C=O) groups is 1. The number of hydrogen-bond acceptors (Lipinski definition) is 7. The minimum absolute atomic E-state index is 0.0203. The Morgan fingerprint density at radius 2 is 1.80 bits per heavy atom. The van der Waals surface area contributed by atoms with Crippen molar-refractivity contribution in [1.82, 2.24) is 5.01 Å². The predicted molar refractivity (Wildman–Crippen MR) is 139 cm³/mol. The van der Waals surface area contributed by atoms with Gasteiger partial charge in [0, 0.05) is 25.6 Å². The van der Waals surface area contributed by atoms with E-state index in [-0.39, 0.29) is 24.9 Å². The normalized spacial score (nSPS) is 17.9. The number of hydrogen-bond donors (Lipinski definition) is 4. The third kappa shape index (κ3) is 9.49. The zero-order valence-corrected chi connectivity index (χ0v) is 20.3. The van der Waals surface area contributed by atoms with E-state index in [1.165, 1.54) is 0 Å². The average Bonchev–Trinajstić information content (AvgIpc) is 2.87. The van der Waals surface area contributed by atoms with Crippen LogP contribution in [0.1, 0.15) is 56.9 Å². The topological polar surface area (TPSA) is 137 Å². The fraction of sp³-hybridized carbons (Fsp3) is 0.444. The summed E-state index contributed by atoms with van der Waals surface area (Å²) in [6, 6.07) is 11.9. The summed E-state index contributed by atoms with van der Waals surface area (Å²) in [5.41, 5.74) is 12.9. The van der Waals surface area contributed by atoms with Crippen LogP contribution >= 0.6 is 0 Å². The van der Waals surface area contributed by atoms with Gasteiger partial charge in [-0.2, -0.15) is 0 Å². The van der Waals surface area contributed by atoms with Crippen LogP contribution in [0.3, 0.4) is 0 Å². The fourth-order valence-corrected chi connectivity index (χ4v) is 3.98. The lowest BCUT2D eigenvalue weighted by Gasteiger charge is -2.29. The number of carbonyl (C=O) groups excluding carboxylic acids is 1. The molecule has 8 heteroatoms. The van der Waals surface area contributed by atoms with Crippen LogP contribution in [0, 0.1) is 12.8 Å². The molecule has 0 radical (unpaired) electrons. The van der Waals surface area contributed by atoms with Crippen molar-refractivity contribution in [3.8, 4) is 18.6 Å². The highest BCUT2D eigenvalue weighted by atomic mass is 16.7. The Balaban J connectivity index is 0.00000210. The Labute approximate surface area is 208 Å². The smallest absolute Gasteiger partial charge is 0.217 e. The van der Waals surface area contributed by atoms with E-state index in [2.05, 4.69) is 12.8 Å². The van der Waals surface area contributed by atoms with Crippen LogP contribution in [0.4, 0.5) is 0 Å². The van der Waals surface area contributed by atoms with E-state index in [9.17, 15) is 9.90 Å². The number of hydrazine groups is 1. The number of terminal acetylenes is 1. The van der Waals surface area contributed by atoms with Crippen molar-refractivity contribution in [3.63, 3.8) is 0 Å². The van der Waals surface area contributed by atoms with Crippen LogP contribution in [-0.2, 0) is 9.53 Å². The Bertz CT molecular complexity index is 992. The van der Waals surface area contributed by atoms with Crippen LogP contribution in [0.5, 0.6) is 5.75 Å². The van der Waals surface area contributed by atoms with E-state index in [4.69, 9.17) is 26.8 Å². The zero-order valence-electron chi connectivity index (χ0n) is 20.3. The standard InChI is InChI=1S/C25H36N4O4.C2H2/c26-23(16-29(28)13-4-2-1-3-7-24(27)31)20-10-9-19-15-21(12-11-18(19)14-20)32-25-8-5-6-22(17-30)33-25;1-2/h9-12,14-16,22,25,30H,1-8,13,17,26,28H2,(H2,27,31);1-2H/b23-16-;/t22?,25-;/m0./s1. The summed E-state index contributed by atoms with van der Waals surface area (Å²) >= 11 is 0. The highest BCUT2D eigenvalue weighted by Gasteiger charge is 2.23. The van der Waals surface area contributed by atoms with Crippen LogP contribution in [0.2, 0.25) is 0 Å². The van der Waals surface area contributed by atoms with E-state index in [0.29, 0.717) is 18.7 Å². The first-order chi connectivity index (χ1) is 16.9. The van der Waals surface area contributed by atoms with Crippen molar-refractivity contribution in [1.29, 1.82) is 0 Å². The van der Waals surface area contributed by atoms with Crippen LogP contribution in [0.25, 0.3) is 16.5 Å². The van der Waals surface area contributed by atoms with Crippen molar-refractivity contribution in [3.05, 3.63) is 48.2 Å². The molecule has 0 aliphatic carbocycles. The monoisotopic (exact) mass is 482 g/mol. The van der Waals surface area contributed by atoms with Gasteiger partial charge in [-0.05, 0) is 60.2 Å². The number of amides is 1. The number of aliphatic hydroxyl groups excluding tert-OH is 1. The largest absolute Gasteiger partial charge is 0.465 e. The third-order valence-corrected chi connectivity index (χ3v) is 5.82. The summed E-state index contributed by atoms with van der Waals surface area (Å²) in [5.74, 6) is 6.57. The Morgan fingerprint density at radius 1 is 1.09 bits per heavy atom. The van der Waals surface area contributed by atoms with E-state index in [0.717, 1.165) is 67.0 Å². The SMILES string of the molecule is C#C.NC(=O)CCCCCCN(N)/C=C(\N)c1ccc2cc(O[C@@H]3CCCC(CO)O3)ccc2c1. The van der Waals surface area contributed by atoms with E-state index < -0.39 is 0 Å². The Kier molecular flexibility index (Phi) is 11.9. The van der Waals surface area contributed by atoms with Gasteiger partial charge < -0.3 is 31.1 Å². The van der Waals surface area contributed by atoms with Gasteiger partial charge in [-0.1, -0.05) is 31.0 Å². The number of fused-ring (bicyclic) bond motifs is 1. The molecule has 8 nitrogen and oxygen atoms in total. The lowest BCUT2D eigenvalue weighted by Crippen LogP contribution is -2.33. The van der Waals surface area contributed by atoms with Gasteiger partial charge in [-0.15, -0.1) is 12.8 Å². The highest BCUT2D eigenvalue weighted by Crippen LogP contribution is 2.27. The Hall–Kier alpha value is -3.25. The molecule has 0 bridgehead atoms. The molecule has 1 amide bonds. The minimum Gasteiger partial charge on any atom is -0.465 e. The van der Waals surface area contributed by atoms with Crippen LogP contribution < -0.4 is 22.0 Å². The quantitative estimate of drug-likeness (QED) is 0.158. The molecular weight excluding hydrogens is 444 g/mol. The fourth-order valence-electron chi connectivity index (χ4n) is 3.98. The maximum absolute atomic E-state index is 10.8. The van der Waals surface area contributed by atoms with Crippen molar-refractivity contribution in [2.24, 2.45) is 17.3 Å².